The highest BCUT2D eigenvalue weighted by Crippen LogP contribution is 2.42. The number of ether oxygens (including phenoxy) is 4. The van der Waals surface area contributed by atoms with Crippen LogP contribution in [0.25, 0.3) is 0 Å². The standard InChI is InChI=1S/C12H18O6/c1-15-10(13)8-3-4-12(17-5-6-18-12)7-9(8)11(14)16-2/h8-9H,3-7H2,1-2H3. The normalized spacial score (nSPS) is 30.1. The van der Waals surface area contributed by atoms with Crippen LogP contribution in [0, 0.1) is 11.8 Å². The van der Waals surface area contributed by atoms with Crippen molar-refractivity contribution in [1.29, 1.82) is 0 Å². The zero-order chi connectivity index (χ0) is 13.2. The Balaban J connectivity index is 2.14. The van der Waals surface area contributed by atoms with Crippen LogP contribution in [0.3, 0.4) is 0 Å². The first kappa shape index (κ1) is 13.3. The van der Waals surface area contributed by atoms with Gasteiger partial charge in [-0.2, -0.15) is 0 Å². The number of methoxy groups -OCH3 is 2. The molecule has 0 bridgehead atoms. The summed E-state index contributed by atoms with van der Waals surface area (Å²) in [7, 11) is 2.64. The first-order valence-corrected chi connectivity index (χ1v) is 6.05. The maximum absolute atomic E-state index is 11.8. The highest BCUT2D eigenvalue weighted by atomic mass is 16.7. The molecule has 2 atom stereocenters. The van der Waals surface area contributed by atoms with E-state index < -0.39 is 23.6 Å². The SMILES string of the molecule is COC(=O)C1CCC2(CC1C(=O)OC)OCCO2. The average molecular weight is 258 g/mol. The summed E-state index contributed by atoms with van der Waals surface area (Å²) < 4.78 is 20.7. The minimum atomic E-state index is -0.719. The molecule has 0 aromatic carbocycles. The minimum Gasteiger partial charge on any atom is -0.469 e. The largest absolute Gasteiger partial charge is 0.469 e. The van der Waals surface area contributed by atoms with Crippen LogP contribution in [0.5, 0.6) is 0 Å². The van der Waals surface area contributed by atoms with Crippen LogP contribution in [0.4, 0.5) is 0 Å². The lowest BCUT2D eigenvalue weighted by atomic mass is 9.76. The van der Waals surface area contributed by atoms with E-state index in [1.54, 1.807) is 0 Å². The zero-order valence-electron chi connectivity index (χ0n) is 10.6. The van der Waals surface area contributed by atoms with Gasteiger partial charge in [0, 0.05) is 12.8 Å². The van der Waals surface area contributed by atoms with E-state index in [1.807, 2.05) is 0 Å². The van der Waals surface area contributed by atoms with Crippen LogP contribution in [0.2, 0.25) is 0 Å². The number of rotatable bonds is 2. The van der Waals surface area contributed by atoms with Gasteiger partial charge < -0.3 is 18.9 Å². The molecule has 0 amide bonds. The van der Waals surface area contributed by atoms with Gasteiger partial charge in [0.05, 0.1) is 39.3 Å². The van der Waals surface area contributed by atoms with Gasteiger partial charge in [-0.15, -0.1) is 0 Å². The van der Waals surface area contributed by atoms with Crippen LogP contribution >= 0.6 is 0 Å². The molecule has 1 spiro atoms. The van der Waals surface area contributed by atoms with Gasteiger partial charge in [0.1, 0.15) is 0 Å². The fourth-order valence-corrected chi connectivity index (χ4v) is 2.75. The van der Waals surface area contributed by atoms with E-state index in [9.17, 15) is 9.59 Å². The molecule has 0 N–H and O–H groups in total. The van der Waals surface area contributed by atoms with Crippen molar-refractivity contribution in [2.45, 2.75) is 25.0 Å². The van der Waals surface area contributed by atoms with Crippen molar-refractivity contribution in [2.75, 3.05) is 27.4 Å². The molecule has 2 aliphatic rings. The summed E-state index contributed by atoms with van der Waals surface area (Å²) in [6.07, 6.45) is 1.45. The molecule has 2 rings (SSSR count). The maximum Gasteiger partial charge on any atom is 0.309 e. The molecular formula is C12H18O6. The third kappa shape index (κ3) is 2.35. The van der Waals surface area contributed by atoms with Gasteiger partial charge in [-0.1, -0.05) is 0 Å². The van der Waals surface area contributed by atoms with E-state index in [2.05, 4.69) is 0 Å². The Morgan fingerprint density at radius 2 is 1.61 bits per heavy atom. The Morgan fingerprint density at radius 1 is 1.06 bits per heavy atom. The van der Waals surface area contributed by atoms with E-state index in [0.29, 0.717) is 32.5 Å². The number of hydrogen-bond donors (Lipinski definition) is 0. The Morgan fingerprint density at radius 3 is 2.17 bits per heavy atom. The van der Waals surface area contributed by atoms with Crippen LogP contribution in [-0.2, 0) is 28.5 Å². The highest BCUT2D eigenvalue weighted by Gasteiger charge is 2.50. The Bertz CT molecular complexity index is 333. The first-order chi connectivity index (χ1) is 8.62. The van der Waals surface area contributed by atoms with Crippen molar-refractivity contribution < 1.29 is 28.5 Å². The maximum atomic E-state index is 11.8. The van der Waals surface area contributed by atoms with Crippen molar-refractivity contribution in [1.82, 2.24) is 0 Å². The van der Waals surface area contributed by atoms with Crippen LogP contribution in [0.1, 0.15) is 19.3 Å². The molecule has 2 fully saturated rings. The predicted molar refractivity (Wildman–Crippen MR) is 59.5 cm³/mol. The molecule has 1 saturated heterocycles. The van der Waals surface area contributed by atoms with E-state index in [-0.39, 0.29) is 5.97 Å². The molecule has 18 heavy (non-hydrogen) atoms. The zero-order valence-corrected chi connectivity index (χ0v) is 10.6. The lowest BCUT2D eigenvalue weighted by Crippen LogP contribution is -2.45. The lowest BCUT2D eigenvalue weighted by Gasteiger charge is -2.38. The van der Waals surface area contributed by atoms with Gasteiger partial charge in [-0.05, 0) is 6.42 Å². The van der Waals surface area contributed by atoms with Crippen LogP contribution in [-0.4, -0.2) is 45.2 Å². The second-order valence-electron chi connectivity index (χ2n) is 4.61. The highest BCUT2D eigenvalue weighted by molar-refractivity contribution is 5.82. The summed E-state index contributed by atoms with van der Waals surface area (Å²) in [6, 6.07) is 0. The number of hydrogen-bond acceptors (Lipinski definition) is 6. The monoisotopic (exact) mass is 258 g/mol. The Kier molecular flexibility index (Phi) is 3.87. The fraction of sp³-hybridized carbons (Fsp3) is 0.833. The first-order valence-electron chi connectivity index (χ1n) is 6.05. The van der Waals surface area contributed by atoms with Gasteiger partial charge in [-0.25, -0.2) is 0 Å². The molecule has 102 valence electrons. The molecular weight excluding hydrogens is 240 g/mol. The van der Waals surface area contributed by atoms with Crippen LogP contribution < -0.4 is 0 Å². The summed E-state index contributed by atoms with van der Waals surface area (Å²) in [6.45, 7) is 1.05. The molecule has 0 aromatic rings. The predicted octanol–water partition coefficient (Wildman–Crippen LogP) is 0.492. The molecule has 6 heteroatoms. The van der Waals surface area contributed by atoms with E-state index in [4.69, 9.17) is 18.9 Å². The summed E-state index contributed by atoms with van der Waals surface area (Å²) >= 11 is 0. The second-order valence-corrected chi connectivity index (χ2v) is 4.61. The van der Waals surface area contributed by atoms with E-state index in [0.717, 1.165) is 0 Å². The van der Waals surface area contributed by atoms with Crippen molar-refractivity contribution in [3.05, 3.63) is 0 Å². The molecule has 0 aromatic heterocycles. The van der Waals surface area contributed by atoms with Crippen molar-refractivity contribution in [2.24, 2.45) is 11.8 Å². The fourth-order valence-electron chi connectivity index (χ4n) is 2.75. The summed E-state index contributed by atoms with van der Waals surface area (Å²) in [5, 5.41) is 0. The van der Waals surface area contributed by atoms with Crippen molar-refractivity contribution in [3.8, 4) is 0 Å². The van der Waals surface area contributed by atoms with Crippen LogP contribution in [0.15, 0.2) is 0 Å². The number of carbonyl (C=O) groups is 2. The molecule has 2 unspecified atom stereocenters. The van der Waals surface area contributed by atoms with Gasteiger partial charge in [0.25, 0.3) is 0 Å². The third-order valence-corrected chi connectivity index (χ3v) is 3.67. The van der Waals surface area contributed by atoms with Crippen molar-refractivity contribution >= 4 is 11.9 Å². The molecule has 0 radical (unpaired) electrons. The Labute approximate surface area is 106 Å². The second kappa shape index (κ2) is 5.24. The van der Waals surface area contributed by atoms with E-state index in [1.165, 1.54) is 14.2 Å². The Hall–Kier alpha value is -1.14. The molecule has 1 aliphatic heterocycles. The lowest BCUT2D eigenvalue weighted by molar-refractivity contribution is -0.205. The number of carbonyl (C=O) groups excluding carboxylic acids is 2. The molecule has 1 aliphatic carbocycles. The summed E-state index contributed by atoms with van der Waals surface area (Å²) in [5.74, 6) is -2.54. The topological polar surface area (TPSA) is 71.1 Å². The summed E-state index contributed by atoms with van der Waals surface area (Å²) in [4.78, 5) is 23.5. The molecule has 1 saturated carbocycles. The van der Waals surface area contributed by atoms with Gasteiger partial charge >= 0.3 is 11.9 Å². The van der Waals surface area contributed by atoms with Gasteiger partial charge in [0.15, 0.2) is 5.79 Å². The summed E-state index contributed by atoms with van der Waals surface area (Å²) in [5.41, 5.74) is 0. The smallest absolute Gasteiger partial charge is 0.309 e. The van der Waals surface area contributed by atoms with E-state index >= 15 is 0 Å². The molecule has 6 nitrogen and oxygen atoms in total. The van der Waals surface area contributed by atoms with Crippen molar-refractivity contribution in [3.63, 3.8) is 0 Å². The quantitative estimate of drug-likeness (QED) is 0.671. The minimum absolute atomic E-state index is 0.347. The van der Waals surface area contributed by atoms with Gasteiger partial charge in [0.2, 0.25) is 0 Å². The molecule has 1 heterocycles. The van der Waals surface area contributed by atoms with Gasteiger partial charge in [-0.3, -0.25) is 9.59 Å². The average Bonchev–Trinajstić information content (AvgIpc) is 2.85. The number of esters is 2. The third-order valence-electron chi connectivity index (χ3n) is 3.67.